The van der Waals surface area contributed by atoms with Crippen molar-refractivity contribution in [3.05, 3.63) is 36.1 Å². The summed E-state index contributed by atoms with van der Waals surface area (Å²) in [6, 6.07) is 9.32. The zero-order valence-corrected chi connectivity index (χ0v) is 13.8. The maximum atomic E-state index is 11.9. The topological polar surface area (TPSA) is 76.8 Å². The van der Waals surface area contributed by atoms with Gasteiger partial charge in [0.05, 0.1) is 0 Å². The number of ether oxygens (including phenoxy) is 2. The number of anilines is 1. The third kappa shape index (κ3) is 4.26. The zero-order chi connectivity index (χ0) is 16.9. The van der Waals surface area contributed by atoms with Gasteiger partial charge in [-0.15, -0.1) is 0 Å². The first-order valence-corrected chi connectivity index (χ1v) is 7.90. The highest BCUT2D eigenvalue weighted by Crippen LogP contribution is 2.30. The molecule has 128 valence electrons. The highest BCUT2D eigenvalue weighted by Gasteiger charge is 2.22. The standard InChI is InChI=1S/C17H21N3O4/c1-12-9-16(19-24-12)18-17(21)7-8-20(2)10-13-11-22-14-5-3-4-6-15(14)23-13/h3-6,9,13H,7-8,10-11H2,1-2H3,(H,18,19,21)/t13-/m0/s1. The van der Waals surface area contributed by atoms with E-state index in [0.717, 1.165) is 11.5 Å². The number of fused-ring (bicyclic) bond motifs is 1. The first-order chi connectivity index (χ1) is 11.6. The zero-order valence-electron chi connectivity index (χ0n) is 13.8. The molecule has 0 fully saturated rings. The number of para-hydroxylation sites is 2. The van der Waals surface area contributed by atoms with Crippen LogP contribution in [0.4, 0.5) is 5.82 Å². The number of rotatable bonds is 6. The maximum Gasteiger partial charge on any atom is 0.226 e. The molecule has 24 heavy (non-hydrogen) atoms. The summed E-state index contributed by atoms with van der Waals surface area (Å²) in [7, 11) is 1.96. The number of aromatic nitrogens is 1. The van der Waals surface area contributed by atoms with Crippen molar-refractivity contribution in [3.8, 4) is 11.5 Å². The lowest BCUT2D eigenvalue weighted by Crippen LogP contribution is -2.40. The molecule has 1 aromatic carbocycles. The average Bonchev–Trinajstić information content (AvgIpc) is 2.98. The first kappa shape index (κ1) is 16.3. The van der Waals surface area contributed by atoms with Gasteiger partial charge in [-0.3, -0.25) is 4.79 Å². The highest BCUT2D eigenvalue weighted by atomic mass is 16.6. The summed E-state index contributed by atoms with van der Waals surface area (Å²) in [5.74, 6) is 2.55. The number of aryl methyl sites for hydroxylation is 1. The minimum Gasteiger partial charge on any atom is -0.486 e. The van der Waals surface area contributed by atoms with Crippen LogP contribution >= 0.6 is 0 Å². The Kier molecular flexibility index (Phi) is 5.00. The largest absolute Gasteiger partial charge is 0.486 e. The summed E-state index contributed by atoms with van der Waals surface area (Å²) in [5.41, 5.74) is 0. The number of amides is 1. The van der Waals surface area contributed by atoms with E-state index >= 15 is 0 Å². The molecule has 0 spiro atoms. The predicted octanol–water partition coefficient (Wildman–Crippen LogP) is 2.08. The second-order valence-electron chi connectivity index (χ2n) is 5.88. The van der Waals surface area contributed by atoms with E-state index < -0.39 is 0 Å². The van der Waals surface area contributed by atoms with Crippen molar-refractivity contribution < 1.29 is 18.8 Å². The van der Waals surface area contributed by atoms with E-state index in [0.29, 0.717) is 37.7 Å². The van der Waals surface area contributed by atoms with Crippen LogP contribution in [0.2, 0.25) is 0 Å². The Morgan fingerprint density at radius 1 is 1.38 bits per heavy atom. The van der Waals surface area contributed by atoms with Crippen molar-refractivity contribution in [2.45, 2.75) is 19.4 Å². The Morgan fingerprint density at radius 3 is 2.92 bits per heavy atom. The van der Waals surface area contributed by atoms with Crippen LogP contribution in [0.1, 0.15) is 12.2 Å². The van der Waals surface area contributed by atoms with Gasteiger partial charge in [0.25, 0.3) is 0 Å². The molecule has 0 unspecified atom stereocenters. The Hall–Kier alpha value is -2.54. The van der Waals surface area contributed by atoms with Crippen LogP contribution in [-0.2, 0) is 4.79 Å². The SMILES string of the molecule is Cc1cc(NC(=O)CCN(C)C[C@H]2COc3ccccc3O2)no1. The molecule has 2 aromatic rings. The van der Waals surface area contributed by atoms with Gasteiger partial charge in [0, 0.05) is 25.6 Å². The fourth-order valence-corrected chi connectivity index (χ4v) is 2.52. The number of carbonyl (C=O) groups excluding carboxylic acids is 1. The first-order valence-electron chi connectivity index (χ1n) is 7.90. The predicted molar refractivity (Wildman–Crippen MR) is 88.3 cm³/mol. The van der Waals surface area contributed by atoms with Crippen LogP contribution in [0.3, 0.4) is 0 Å². The van der Waals surface area contributed by atoms with Crippen LogP contribution in [0.15, 0.2) is 34.9 Å². The Bertz CT molecular complexity index is 701. The van der Waals surface area contributed by atoms with E-state index in [1.165, 1.54) is 0 Å². The molecule has 0 saturated carbocycles. The molecular weight excluding hydrogens is 310 g/mol. The van der Waals surface area contributed by atoms with Crippen LogP contribution in [0, 0.1) is 6.92 Å². The number of nitrogens with zero attached hydrogens (tertiary/aromatic N) is 2. The van der Waals surface area contributed by atoms with E-state index in [1.807, 2.05) is 31.3 Å². The summed E-state index contributed by atoms with van der Waals surface area (Å²) in [6.07, 6.45) is 0.318. The van der Waals surface area contributed by atoms with Gasteiger partial charge >= 0.3 is 0 Å². The van der Waals surface area contributed by atoms with Gasteiger partial charge in [0.15, 0.2) is 17.3 Å². The average molecular weight is 331 g/mol. The van der Waals surface area contributed by atoms with Gasteiger partial charge in [-0.05, 0) is 26.1 Å². The molecule has 1 aliphatic heterocycles. The molecule has 7 nitrogen and oxygen atoms in total. The second-order valence-corrected chi connectivity index (χ2v) is 5.88. The summed E-state index contributed by atoms with van der Waals surface area (Å²) in [4.78, 5) is 14.0. The molecule has 1 N–H and O–H groups in total. The lowest BCUT2D eigenvalue weighted by molar-refractivity contribution is -0.116. The Labute approximate surface area is 140 Å². The molecule has 0 radical (unpaired) electrons. The van der Waals surface area contributed by atoms with Gasteiger partial charge in [-0.1, -0.05) is 17.3 Å². The summed E-state index contributed by atoms with van der Waals surface area (Å²) < 4.78 is 16.5. The number of hydrogen-bond acceptors (Lipinski definition) is 6. The van der Waals surface area contributed by atoms with Crippen molar-refractivity contribution >= 4 is 11.7 Å². The van der Waals surface area contributed by atoms with E-state index in [1.54, 1.807) is 13.0 Å². The number of benzene rings is 1. The molecule has 0 aliphatic carbocycles. The van der Waals surface area contributed by atoms with Crippen LogP contribution in [0.25, 0.3) is 0 Å². The summed E-state index contributed by atoms with van der Waals surface area (Å²) >= 11 is 0. The number of carbonyl (C=O) groups is 1. The van der Waals surface area contributed by atoms with E-state index in [2.05, 4.69) is 15.4 Å². The molecule has 0 bridgehead atoms. The molecule has 1 aromatic heterocycles. The molecule has 0 saturated heterocycles. The highest BCUT2D eigenvalue weighted by molar-refractivity contribution is 5.89. The van der Waals surface area contributed by atoms with Crippen LogP contribution < -0.4 is 14.8 Å². The summed E-state index contributed by atoms with van der Waals surface area (Å²) in [5, 5.41) is 6.45. The Balaban J connectivity index is 1.41. The minimum absolute atomic E-state index is 0.0499. The third-order valence-corrected chi connectivity index (χ3v) is 3.70. The molecule has 1 atom stereocenters. The van der Waals surface area contributed by atoms with Gasteiger partial charge in [0.2, 0.25) is 5.91 Å². The Morgan fingerprint density at radius 2 is 2.17 bits per heavy atom. The van der Waals surface area contributed by atoms with Crippen molar-refractivity contribution in [2.75, 3.05) is 32.1 Å². The molecule has 1 amide bonds. The van der Waals surface area contributed by atoms with Crippen LogP contribution in [0.5, 0.6) is 11.5 Å². The fraction of sp³-hybridized carbons (Fsp3) is 0.412. The molecular formula is C17H21N3O4. The molecule has 7 heteroatoms. The van der Waals surface area contributed by atoms with Gasteiger partial charge < -0.3 is 24.2 Å². The fourth-order valence-electron chi connectivity index (χ4n) is 2.52. The van der Waals surface area contributed by atoms with Gasteiger partial charge in [-0.25, -0.2) is 0 Å². The number of nitrogens with one attached hydrogen (secondary N) is 1. The van der Waals surface area contributed by atoms with E-state index in [9.17, 15) is 4.79 Å². The van der Waals surface area contributed by atoms with Crippen LogP contribution in [-0.4, -0.2) is 48.8 Å². The maximum absolute atomic E-state index is 11.9. The summed E-state index contributed by atoms with van der Waals surface area (Å²) in [6.45, 7) is 3.58. The van der Waals surface area contributed by atoms with Crippen molar-refractivity contribution in [1.82, 2.24) is 10.1 Å². The van der Waals surface area contributed by atoms with E-state index in [4.69, 9.17) is 14.0 Å². The molecule has 3 rings (SSSR count). The van der Waals surface area contributed by atoms with Crippen molar-refractivity contribution in [1.29, 1.82) is 0 Å². The monoisotopic (exact) mass is 331 g/mol. The normalized spacial score (nSPS) is 16.2. The number of likely N-dealkylation sites (N-methyl/N-ethyl adjacent to an activating group) is 1. The third-order valence-electron chi connectivity index (χ3n) is 3.70. The smallest absolute Gasteiger partial charge is 0.226 e. The molecule has 1 aliphatic rings. The lowest BCUT2D eigenvalue weighted by Gasteiger charge is -2.29. The lowest BCUT2D eigenvalue weighted by atomic mass is 10.2. The van der Waals surface area contributed by atoms with Crippen molar-refractivity contribution in [2.24, 2.45) is 0 Å². The second kappa shape index (κ2) is 7.35. The van der Waals surface area contributed by atoms with Gasteiger partial charge in [-0.2, -0.15) is 0 Å². The minimum atomic E-state index is -0.0960. The quantitative estimate of drug-likeness (QED) is 0.873. The van der Waals surface area contributed by atoms with Gasteiger partial charge in [0.1, 0.15) is 18.5 Å². The van der Waals surface area contributed by atoms with Crippen molar-refractivity contribution in [3.63, 3.8) is 0 Å². The number of hydrogen-bond donors (Lipinski definition) is 1. The molecule has 2 heterocycles. The van der Waals surface area contributed by atoms with E-state index in [-0.39, 0.29) is 12.0 Å².